The summed E-state index contributed by atoms with van der Waals surface area (Å²) in [4.78, 5) is -0.240. The molecule has 0 aliphatic carbocycles. The molecule has 0 radical (unpaired) electrons. The van der Waals surface area contributed by atoms with E-state index in [1.54, 1.807) is 0 Å². The zero-order valence-electron chi connectivity index (χ0n) is 10.7. The third-order valence-corrected chi connectivity index (χ3v) is 5.12. The number of halogens is 2. The van der Waals surface area contributed by atoms with Crippen LogP contribution in [0.2, 0.25) is 0 Å². The van der Waals surface area contributed by atoms with Crippen molar-refractivity contribution in [3.8, 4) is 5.75 Å². The third kappa shape index (κ3) is 3.25. The van der Waals surface area contributed by atoms with Crippen LogP contribution < -0.4 is 10.5 Å². The molecule has 1 aliphatic rings. The molecule has 0 unspecified atom stereocenters. The molecule has 1 heterocycles. The van der Waals surface area contributed by atoms with Gasteiger partial charge in [-0.2, -0.15) is 13.1 Å². The first kappa shape index (κ1) is 15.1. The Hall–Kier alpha value is -1.25. The van der Waals surface area contributed by atoms with Crippen LogP contribution in [0, 0.1) is 0 Å². The van der Waals surface area contributed by atoms with Gasteiger partial charge in [-0.25, -0.2) is 8.42 Å². The largest absolute Gasteiger partial charge is 0.433 e. The zero-order chi connectivity index (χ0) is 14.8. The van der Waals surface area contributed by atoms with Gasteiger partial charge in [0.2, 0.25) is 10.0 Å². The van der Waals surface area contributed by atoms with Crippen LogP contribution in [0.3, 0.4) is 0 Å². The quantitative estimate of drug-likeness (QED) is 0.912. The van der Waals surface area contributed by atoms with E-state index in [0.717, 1.165) is 0 Å². The second-order valence-corrected chi connectivity index (χ2v) is 6.47. The average molecular weight is 306 g/mol. The number of nitrogens with zero attached hydrogens (tertiary/aromatic N) is 1. The van der Waals surface area contributed by atoms with Gasteiger partial charge < -0.3 is 10.5 Å². The molecule has 20 heavy (non-hydrogen) atoms. The minimum Gasteiger partial charge on any atom is -0.433 e. The lowest BCUT2D eigenvalue weighted by Crippen LogP contribution is -2.42. The summed E-state index contributed by atoms with van der Waals surface area (Å²) in [5.41, 5.74) is 5.73. The Labute approximate surface area is 116 Å². The second-order valence-electron chi connectivity index (χ2n) is 4.57. The molecule has 0 atom stereocenters. The average Bonchev–Trinajstić information content (AvgIpc) is 2.39. The van der Waals surface area contributed by atoms with Gasteiger partial charge in [0.1, 0.15) is 10.6 Å². The van der Waals surface area contributed by atoms with Crippen LogP contribution in [0.1, 0.15) is 12.8 Å². The van der Waals surface area contributed by atoms with Crippen LogP contribution in [0.4, 0.5) is 8.78 Å². The lowest BCUT2D eigenvalue weighted by molar-refractivity contribution is -0.0517. The van der Waals surface area contributed by atoms with Crippen LogP contribution in [-0.2, 0) is 10.0 Å². The van der Waals surface area contributed by atoms with Crippen LogP contribution in [-0.4, -0.2) is 38.5 Å². The van der Waals surface area contributed by atoms with Crippen molar-refractivity contribution < 1.29 is 21.9 Å². The first-order chi connectivity index (χ1) is 9.41. The molecule has 1 aliphatic heterocycles. The highest BCUT2D eigenvalue weighted by Gasteiger charge is 2.31. The van der Waals surface area contributed by atoms with Gasteiger partial charge in [0.25, 0.3) is 0 Å². The fraction of sp³-hybridized carbons (Fsp3) is 0.500. The highest BCUT2D eigenvalue weighted by atomic mass is 32.2. The summed E-state index contributed by atoms with van der Waals surface area (Å²) >= 11 is 0. The van der Waals surface area contributed by atoms with E-state index < -0.39 is 16.6 Å². The van der Waals surface area contributed by atoms with E-state index >= 15 is 0 Å². The topological polar surface area (TPSA) is 72.6 Å². The Morgan fingerprint density at radius 2 is 1.85 bits per heavy atom. The van der Waals surface area contributed by atoms with Gasteiger partial charge in [0.05, 0.1) is 0 Å². The van der Waals surface area contributed by atoms with Gasteiger partial charge in [-0.1, -0.05) is 12.1 Å². The Morgan fingerprint density at radius 1 is 1.25 bits per heavy atom. The predicted molar refractivity (Wildman–Crippen MR) is 69.0 cm³/mol. The summed E-state index contributed by atoms with van der Waals surface area (Å²) in [6.45, 7) is -2.50. The molecule has 2 N–H and O–H groups in total. The van der Waals surface area contributed by atoms with Crippen molar-refractivity contribution in [2.24, 2.45) is 5.73 Å². The molecule has 0 amide bonds. The Balaban J connectivity index is 2.29. The second kappa shape index (κ2) is 6.02. The van der Waals surface area contributed by atoms with E-state index in [-0.39, 0.29) is 29.8 Å². The molecular weight excluding hydrogens is 290 g/mol. The number of rotatable bonds is 4. The molecule has 1 aromatic rings. The Kier molecular flexibility index (Phi) is 4.56. The summed E-state index contributed by atoms with van der Waals surface area (Å²) in [5, 5.41) is 0. The van der Waals surface area contributed by atoms with E-state index in [0.29, 0.717) is 12.8 Å². The Bertz CT molecular complexity index is 558. The van der Waals surface area contributed by atoms with E-state index in [4.69, 9.17) is 5.73 Å². The summed E-state index contributed by atoms with van der Waals surface area (Å²) in [6, 6.07) is 5.38. The van der Waals surface area contributed by atoms with Crippen molar-refractivity contribution >= 4 is 10.0 Å². The first-order valence-electron chi connectivity index (χ1n) is 6.21. The number of sulfonamides is 1. The van der Waals surface area contributed by atoms with Gasteiger partial charge in [0.15, 0.2) is 0 Å². The van der Waals surface area contributed by atoms with Crippen molar-refractivity contribution in [2.45, 2.75) is 30.4 Å². The monoisotopic (exact) mass is 306 g/mol. The van der Waals surface area contributed by atoms with Crippen molar-refractivity contribution in [3.05, 3.63) is 24.3 Å². The number of ether oxygens (including phenoxy) is 1. The van der Waals surface area contributed by atoms with Gasteiger partial charge >= 0.3 is 6.61 Å². The molecule has 0 spiro atoms. The Morgan fingerprint density at radius 3 is 2.45 bits per heavy atom. The maximum absolute atomic E-state index is 12.5. The fourth-order valence-electron chi connectivity index (χ4n) is 2.11. The normalized spacial score (nSPS) is 18.4. The molecule has 1 aromatic carbocycles. The minimum atomic E-state index is -3.84. The number of nitrogens with two attached hydrogens (primary N) is 1. The van der Waals surface area contributed by atoms with Crippen LogP contribution in [0.25, 0.3) is 0 Å². The smallest absolute Gasteiger partial charge is 0.387 e. The van der Waals surface area contributed by atoms with Gasteiger partial charge in [-0.15, -0.1) is 0 Å². The van der Waals surface area contributed by atoms with Gasteiger partial charge in [-0.3, -0.25) is 0 Å². The molecular formula is C12H16F2N2O3S. The fourth-order valence-corrected chi connectivity index (χ4v) is 3.70. The molecule has 8 heteroatoms. The molecule has 0 aromatic heterocycles. The number of piperidine rings is 1. The number of hydrogen-bond donors (Lipinski definition) is 1. The van der Waals surface area contributed by atoms with Crippen LogP contribution in [0.5, 0.6) is 5.75 Å². The molecule has 1 saturated heterocycles. The van der Waals surface area contributed by atoms with Crippen molar-refractivity contribution in [1.82, 2.24) is 4.31 Å². The number of hydrogen-bond acceptors (Lipinski definition) is 4. The highest BCUT2D eigenvalue weighted by molar-refractivity contribution is 7.89. The highest BCUT2D eigenvalue weighted by Crippen LogP contribution is 2.29. The predicted octanol–water partition coefficient (Wildman–Crippen LogP) is 1.40. The summed E-state index contributed by atoms with van der Waals surface area (Å²) in [6.07, 6.45) is 1.11. The summed E-state index contributed by atoms with van der Waals surface area (Å²) < 4.78 is 55.1. The van der Waals surface area contributed by atoms with Crippen molar-refractivity contribution in [3.63, 3.8) is 0 Å². The standard InChI is InChI=1S/C12H16F2N2O3S/c13-12(14)19-10-3-1-2-4-11(10)20(17,18)16-7-5-9(15)6-8-16/h1-4,9,12H,5-8,15H2. The molecule has 112 valence electrons. The van der Waals surface area contributed by atoms with Crippen LogP contribution >= 0.6 is 0 Å². The number of para-hydroxylation sites is 1. The molecule has 0 saturated carbocycles. The molecule has 0 bridgehead atoms. The SMILES string of the molecule is NC1CCN(S(=O)(=O)c2ccccc2OC(F)F)CC1. The lowest BCUT2D eigenvalue weighted by Gasteiger charge is -2.29. The van der Waals surface area contributed by atoms with Gasteiger partial charge in [-0.05, 0) is 25.0 Å². The maximum Gasteiger partial charge on any atom is 0.387 e. The number of alkyl halides is 2. The van der Waals surface area contributed by atoms with Crippen molar-refractivity contribution in [1.29, 1.82) is 0 Å². The summed E-state index contributed by atoms with van der Waals surface area (Å²) in [5.74, 6) is -0.336. The third-order valence-electron chi connectivity index (χ3n) is 3.18. The van der Waals surface area contributed by atoms with E-state index in [9.17, 15) is 17.2 Å². The first-order valence-corrected chi connectivity index (χ1v) is 7.65. The van der Waals surface area contributed by atoms with Crippen molar-refractivity contribution in [2.75, 3.05) is 13.1 Å². The van der Waals surface area contributed by atoms with Gasteiger partial charge in [0, 0.05) is 19.1 Å². The summed E-state index contributed by atoms with van der Waals surface area (Å²) in [7, 11) is -3.84. The maximum atomic E-state index is 12.5. The van der Waals surface area contributed by atoms with E-state index in [2.05, 4.69) is 4.74 Å². The van der Waals surface area contributed by atoms with E-state index in [1.165, 1.54) is 28.6 Å². The lowest BCUT2D eigenvalue weighted by atomic mass is 10.1. The van der Waals surface area contributed by atoms with E-state index in [1.807, 2.05) is 0 Å². The molecule has 2 rings (SSSR count). The molecule has 5 nitrogen and oxygen atoms in total. The minimum absolute atomic E-state index is 0.0194. The number of benzene rings is 1. The zero-order valence-corrected chi connectivity index (χ0v) is 11.5. The van der Waals surface area contributed by atoms with Crippen LogP contribution in [0.15, 0.2) is 29.2 Å². The molecule has 1 fully saturated rings.